The van der Waals surface area contributed by atoms with Gasteiger partial charge in [-0.15, -0.1) is 0 Å². The number of rotatable bonds is 6. The van der Waals surface area contributed by atoms with E-state index in [4.69, 9.17) is 0 Å². The standard InChI is InChI=1S/C15H26N2O3/c1-10(13-7-11-4-5-12(13)6-11)16-14(18)8-17(2)9-15(19)20-3/h10-13H,4-9H2,1-3H3,(H,16,18). The van der Waals surface area contributed by atoms with E-state index in [2.05, 4.69) is 17.0 Å². The lowest BCUT2D eigenvalue weighted by atomic mass is 9.84. The molecule has 0 heterocycles. The van der Waals surface area contributed by atoms with Crippen LogP contribution in [0.5, 0.6) is 0 Å². The Morgan fingerprint density at radius 3 is 2.60 bits per heavy atom. The summed E-state index contributed by atoms with van der Waals surface area (Å²) in [5.74, 6) is 2.02. The molecule has 1 amide bonds. The molecule has 0 aromatic carbocycles. The predicted octanol–water partition coefficient (Wildman–Crippen LogP) is 1.03. The monoisotopic (exact) mass is 282 g/mol. The number of nitrogens with one attached hydrogen (secondary N) is 1. The summed E-state index contributed by atoms with van der Waals surface area (Å²) in [5, 5.41) is 3.10. The molecule has 5 nitrogen and oxygen atoms in total. The normalized spacial score (nSPS) is 29.5. The SMILES string of the molecule is COC(=O)CN(C)CC(=O)NC(C)C1CC2CCC1C2. The molecule has 0 aromatic rings. The lowest BCUT2D eigenvalue weighted by molar-refractivity contribution is -0.141. The smallest absolute Gasteiger partial charge is 0.319 e. The van der Waals surface area contributed by atoms with E-state index in [0.717, 1.165) is 11.8 Å². The first kappa shape index (κ1) is 15.3. The minimum Gasteiger partial charge on any atom is -0.468 e. The first-order chi connectivity index (χ1) is 9.49. The van der Waals surface area contributed by atoms with Crippen molar-refractivity contribution in [2.75, 3.05) is 27.2 Å². The Balaban J connectivity index is 1.72. The molecule has 114 valence electrons. The fourth-order valence-corrected chi connectivity index (χ4v) is 3.90. The van der Waals surface area contributed by atoms with Crippen molar-refractivity contribution in [3.8, 4) is 0 Å². The van der Waals surface area contributed by atoms with Gasteiger partial charge in [-0.2, -0.15) is 0 Å². The van der Waals surface area contributed by atoms with Gasteiger partial charge in [0.1, 0.15) is 0 Å². The van der Waals surface area contributed by atoms with Crippen LogP contribution < -0.4 is 5.32 Å². The van der Waals surface area contributed by atoms with Gasteiger partial charge in [-0.1, -0.05) is 6.42 Å². The Morgan fingerprint density at radius 1 is 1.30 bits per heavy atom. The third kappa shape index (κ3) is 3.72. The zero-order valence-electron chi connectivity index (χ0n) is 12.7. The highest BCUT2D eigenvalue weighted by Gasteiger charge is 2.42. The molecule has 20 heavy (non-hydrogen) atoms. The highest BCUT2D eigenvalue weighted by molar-refractivity contribution is 5.79. The van der Waals surface area contributed by atoms with Gasteiger partial charge in [0, 0.05) is 6.04 Å². The van der Waals surface area contributed by atoms with Crippen LogP contribution in [0.25, 0.3) is 0 Å². The summed E-state index contributed by atoms with van der Waals surface area (Å²) in [7, 11) is 3.10. The van der Waals surface area contributed by atoms with Gasteiger partial charge in [-0.05, 0) is 51.0 Å². The predicted molar refractivity (Wildman–Crippen MR) is 76.1 cm³/mol. The molecule has 1 N–H and O–H groups in total. The second-order valence-corrected chi connectivity index (χ2v) is 6.44. The molecular weight excluding hydrogens is 256 g/mol. The Labute approximate surface area is 121 Å². The van der Waals surface area contributed by atoms with E-state index in [-0.39, 0.29) is 31.0 Å². The summed E-state index contributed by atoms with van der Waals surface area (Å²) in [6, 6.07) is 0.240. The fourth-order valence-electron chi connectivity index (χ4n) is 3.90. The van der Waals surface area contributed by atoms with Crippen molar-refractivity contribution in [1.29, 1.82) is 0 Å². The van der Waals surface area contributed by atoms with Crippen molar-refractivity contribution >= 4 is 11.9 Å². The number of nitrogens with zero attached hydrogens (tertiary/aromatic N) is 1. The van der Waals surface area contributed by atoms with Crippen LogP contribution in [0.15, 0.2) is 0 Å². The van der Waals surface area contributed by atoms with Crippen LogP contribution in [0.1, 0.15) is 32.6 Å². The maximum absolute atomic E-state index is 12.0. The van der Waals surface area contributed by atoms with Crippen molar-refractivity contribution in [1.82, 2.24) is 10.2 Å². The number of ether oxygens (including phenoxy) is 1. The molecule has 2 bridgehead atoms. The number of hydrogen-bond acceptors (Lipinski definition) is 4. The molecule has 0 aromatic heterocycles. The lowest BCUT2D eigenvalue weighted by Gasteiger charge is -2.29. The van der Waals surface area contributed by atoms with Gasteiger partial charge in [0.15, 0.2) is 0 Å². The molecule has 4 atom stereocenters. The van der Waals surface area contributed by atoms with Gasteiger partial charge < -0.3 is 10.1 Å². The average Bonchev–Trinajstić information content (AvgIpc) is 3.00. The highest BCUT2D eigenvalue weighted by Crippen LogP contribution is 2.49. The lowest BCUT2D eigenvalue weighted by Crippen LogP contribution is -2.45. The van der Waals surface area contributed by atoms with Crippen LogP contribution in [0.4, 0.5) is 0 Å². The van der Waals surface area contributed by atoms with Gasteiger partial charge in [-0.25, -0.2) is 0 Å². The maximum Gasteiger partial charge on any atom is 0.319 e. The number of amides is 1. The van der Waals surface area contributed by atoms with Gasteiger partial charge in [0.2, 0.25) is 5.91 Å². The quantitative estimate of drug-likeness (QED) is 0.739. The van der Waals surface area contributed by atoms with Crippen LogP contribution in [-0.4, -0.2) is 50.1 Å². The molecule has 2 saturated carbocycles. The molecule has 0 spiro atoms. The van der Waals surface area contributed by atoms with Crippen LogP contribution >= 0.6 is 0 Å². The molecule has 4 unspecified atom stereocenters. The number of methoxy groups -OCH3 is 1. The van der Waals surface area contributed by atoms with Crippen LogP contribution in [-0.2, 0) is 14.3 Å². The molecule has 2 aliphatic carbocycles. The van der Waals surface area contributed by atoms with E-state index >= 15 is 0 Å². The molecule has 0 saturated heterocycles. The first-order valence-corrected chi connectivity index (χ1v) is 7.54. The van der Waals surface area contributed by atoms with Gasteiger partial charge >= 0.3 is 5.97 Å². The second-order valence-electron chi connectivity index (χ2n) is 6.44. The number of carbonyl (C=O) groups is 2. The number of esters is 1. The summed E-state index contributed by atoms with van der Waals surface area (Å²) in [5.41, 5.74) is 0. The largest absolute Gasteiger partial charge is 0.468 e. The van der Waals surface area contributed by atoms with E-state index in [9.17, 15) is 9.59 Å². The molecule has 0 radical (unpaired) electrons. The maximum atomic E-state index is 12.0. The summed E-state index contributed by atoms with van der Waals surface area (Å²) < 4.78 is 4.59. The summed E-state index contributed by atoms with van der Waals surface area (Å²) in [6.45, 7) is 2.50. The van der Waals surface area contributed by atoms with Crippen molar-refractivity contribution in [3.63, 3.8) is 0 Å². The van der Waals surface area contributed by atoms with Crippen LogP contribution in [0.3, 0.4) is 0 Å². The minimum absolute atomic E-state index is 0.00771. The van der Waals surface area contributed by atoms with Crippen molar-refractivity contribution in [2.24, 2.45) is 17.8 Å². The van der Waals surface area contributed by atoms with Crippen LogP contribution in [0.2, 0.25) is 0 Å². The van der Waals surface area contributed by atoms with Gasteiger partial charge in [0.25, 0.3) is 0 Å². The summed E-state index contributed by atoms with van der Waals surface area (Å²) in [4.78, 5) is 24.8. The zero-order valence-corrected chi connectivity index (χ0v) is 12.7. The average molecular weight is 282 g/mol. The third-order valence-corrected chi connectivity index (χ3v) is 4.86. The van der Waals surface area contributed by atoms with Gasteiger partial charge in [0.05, 0.1) is 20.2 Å². The first-order valence-electron chi connectivity index (χ1n) is 7.54. The van der Waals surface area contributed by atoms with Crippen molar-refractivity contribution in [3.05, 3.63) is 0 Å². The van der Waals surface area contributed by atoms with Crippen molar-refractivity contribution < 1.29 is 14.3 Å². The molecule has 2 aliphatic rings. The second kappa shape index (κ2) is 6.57. The van der Waals surface area contributed by atoms with E-state index in [1.165, 1.54) is 32.8 Å². The van der Waals surface area contributed by atoms with Gasteiger partial charge in [-0.3, -0.25) is 14.5 Å². The molecular formula is C15H26N2O3. The van der Waals surface area contributed by atoms with E-state index in [1.807, 2.05) is 0 Å². The molecule has 2 rings (SSSR count). The zero-order chi connectivity index (χ0) is 14.7. The van der Waals surface area contributed by atoms with E-state index in [0.29, 0.717) is 5.92 Å². The Hall–Kier alpha value is -1.10. The van der Waals surface area contributed by atoms with E-state index < -0.39 is 0 Å². The molecule has 0 aliphatic heterocycles. The Morgan fingerprint density at radius 2 is 2.05 bits per heavy atom. The number of fused-ring (bicyclic) bond motifs is 2. The highest BCUT2D eigenvalue weighted by atomic mass is 16.5. The fraction of sp³-hybridized carbons (Fsp3) is 0.867. The van der Waals surface area contributed by atoms with E-state index in [1.54, 1.807) is 11.9 Å². The Bertz CT molecular complexity index is 372. The summed E-state index contributed by atoms with van der Waals surface area (Å²) in [6.07, 6.45) is 5.33. The summed E-state index contributed by atoms with van der Waals surface area (Å²) >= 11 is 0. The topological polar surface area (TPSA) is 58.6 Å². The number of hydrogen-bond donors (Lipinski definition) is 1. The number of likely N-dealkylation sites (N-methyl/N-ethyl adjacent to an activating group) is 1. The van der Waals surface area contributed by atoms with Crippen molar-refractivity contribution in [2.45, 2.75) is 38.6 Å². The minimum atomic E-state index is -0.318. The number of carbonyl (C=O) groups excluding carboxylic acids is 2. The van der Waals surface area contributed by atoms with Crippen LogP contribution in [0, 0.1) is 17.8 Å². The molecule has 5 heteroatoms. The molecule has 2 fully saturated rings. The third-order valence-electron chi connectivity index (χ3n) is 4.86. The Kier molecular flexibility index (Phi) is 5.02.